The molecule has 0 aromatic rings. The molecule has 0 radical (unpaired) electrons. The highest BCUT2D eigenvalue weighted by atomic mass is 35.6. The molecule has 1 rings (SSSR count). The summed E-state index contributed by atoms with van der Waals surface area (Å²) >= 11 is 0. The van der Waals surface area contributed by atoms with Gasteiger partial charge in [-0.25, -0.2) is 0 Å². The topological polar surface area (TPSA) is 0 Å². The highest BCUT2D eigenvalue weighted by molar-refractivity contribution is 3.81. The summed E-state index contributed by atoms with van der Waals surface area (Å²) in [5, 5.41) is 2.44. The fourth-order valence-electron chi connectivity index (χ4n) is 0.0714. The van der Waals surface area contributed by atoms with Crippen LogP contribution in [0.5, 0.6) is 0 Å². The Morgan fingerprint density at radius 3 is 1.25 bits per heavy atom. The van der Waals surface area contributed by atoms with Crippen molar-refractivity contribution in [3.63, 3.8) is 0 Å². The lowest BCUT2D eigenvalue weighted by atomic mass is 11.8. The highest BCUT2D eigenvalue weighted by Crippen LogP contribution is 1.90. The third kappa shape index (κ3) is 0.307. The van der Waals surface area contributed by atoms with Crippen molar-refractivity contribution in [3.05, 3.63) is 0 Å². The van der Waals surface area contributed by atoms with Crippen LogP contribution in [-0.4, -0.2) is 10.7 Å². The van der Waals surface area contributed by atoms with Gasteiger partial charge in [0.1, 0.15) is 0 Å². The first kappa shape index (κ1) is 2.80. The molecule has 0 amide bonds. The Kier molecular flexibility index (Phi) is 0.795. The second-order valence-corrected chi connectivity index (χ2v) is 2.95. The summed E-state index contributed by atoms with van der Waals surface area (Å²) in [6, 6.07) is 0. The quantitative estimate of drug-likeness (QED) is 0.377. The van der Waals surface area contributed by atoms with Crippen LogP contribution in [0.4, 0.5) is 0 Å². The Morgan fingerprint density at radius 1 is 1.00 bits per heavy atom. The highest BCUT2D eigenvalue weighted by Gasteiger charge is 2.33. The molecule has 1 aliphatic heterocycles. The zero-order chi connectivity index (χ0) is 2.83. The van der Waals surface area contributed by atoms with Crippen LogP contribution >= 0.6 is 0 Å². The van der Waals surface area contributed by atoms with Crippen molar-refractivity contribution in [3.8, 4) is 0 Å². The van der Waals surface area contributed by atoms with Crippen molar-refractivity contribution in [1.82, 2.24) is 0 Å². The molecule has 1 fully saturated rings. The molecule has 24 valence electrons. The molecule has 0 spiro atoms. The van der Waals surface area contributed by atoms with Gasteiger partial charge >= 0.3 is 10.7 Å². The van der Waals surface area contributed by atoms with Crippen LogP contribution in [0.25, 0.3) is 0 Å². The number of hydrogen-bond acceptors (Lipinski definition) is 0. The maximum Gasteiger partial charge on any atom is 0.393 e. The third-order valence-corrected chi connectivity index (χ3v) is 2.57. The Balaban J connectivity index is 2.00. The number of halogens is 2. The SMILES string of the molecule is C1[Cl+]C[Cl+]1. The van der Waals surface area contributed by atoms with Gasteiger partial charge in [0.15, 0.2) is 0 Å². The van der Waals surface area contributed by atoms with Crippen LogP contribution in [0.15, 0.2) is 0 Å². The second-order valence-electron chi connectivity index (χ2n) is 0.580. The first-order valence-corrected chi connectivity index (χ1v) is 3.21. The predicted octanol–water partition coefficient (Wildman–Crippen LogP) is 0.0850. The molecular weight excluding hydrogens is 94.9 g/mol. The van der Waals surface area contributed by atoms with E-state index in [2.05, 4.69) is 21.6 Å². The average molecular weight is 99.0 g/mol. The predicted molar refractivity (Wildman–Crippen MR) is 9.73 cm³/mol. The molecule has 1 saturated heterocycles. The van der Waals surface area contributed by atoms with E-state index in [1.807, 2.05) is 0 Å². The van der Waals surface area contributed by atoms with Gasteiger partial charge in [-0.1, -0.05) is 0 Å². The smallest absolute Gasteiger partial charge is 0.259 e. The summed E-state index contributed by atoms with van der Waals surface area (Å²) in [6.45, 7) is 0. The largest absolute Gasteiger partial charge is 0.393 e. The van der Waals surface area contributed by atoms with Gasteiger partial charge in [0.2, 0.25) is 0 Å². The van der Waals surface area contributed by atoms with E-state index in [0.29, 0.717) is 0 Å². The normalized spacial score (nSPS) is 24.0. The van der Waals surface area contributed by atoms with E-state index in [4.69, 9.17) is 0 Å². The number of hydrogen-bond donors (Lipinski definition) is 0. The van der Waals surface area contributed by atoms with Gasteiger partial charge in [-0.15, -0.1) is 0 Å². The Hall–Kier alpha value is 0.580. The minimum absolute atomic E-state index is 1.22. The van der Waals surface area contributed by atoms with Crippen molar-refractivity contribution < 1.29 is 21.6 Å². The Morgan fingerprint density at radius 2 is 1.25 bits per heavy atom. The van der Waals surface area contributed by atoms with Gasteiger partial charge in [0, 0.05) is 0 Å². The van der Waals surface area contributed by atoms with Gasteiger partial charge in [-0.3, -0.25) is 0 Å². The lowest BCUT2D eigenvalue weighted by Crippen LogP contribution is -2.10. The summed E-state index contributed by atoms with van der Waals surface area (Å²) in [5.41, 5.74) is 0. The lowest BCUT2D eigenvalue weighted by Gasteiger charge is -1.67. The fraction of sp³-hybridized carbons (Fsp3) is 1.00. The van der Waals surface area contributed by atoms with Gasteiger partial charge in [-0.2, -0.15) is 0 Å². The summed E-state index contributed by atoms with van der Waals surface area (Å²) < 4.78 is 0. The van der Waals surface area contributed by atoms with Crippen LogP contribution in [-0.2, 0) is 0 Å². The molecule has 0 unspecified atom stereocenters. The minimum Gasteiger partial charge on any atom is 0.259 e. The zero-order valence-corrected chi connectivity index (χ0v) is 3.68. The Labute approximate surface area is 33.0 Å². The summed E-state index contributed by atoms with van der Waals surface area (Å²) in [4.78, 5) is 0. The van der Waals surface area contributed by atoms with Crippen molar-refractivity contribution in [1.29, 1.82) is 0 Å². The van der Waals surface area contributed by atoms with Gasteiger partial charge < -0.3 is 0 Å². The molecule has 4 heavy (non-hydrogen) atoms. The molecule has 0 bridgehead atoms. The van der Waals surface area contributed by atoms with E-state index in [-0.39, 0.29) is 0 Å². The van der Waals surface area contributed by atoms with E-state index >= 15 is 0 Å². The maximum absolute atomic E-state index is 2.33. The first-order valence-electron chi connectivity index (χ1n) is 1.07. The van der Waals surface area contributed by atoms with E-state index in [9.17, 15) is 0 Å². The third-order valence-electron chi connectivity index (χ3n) is 0.286. The van der Waals surface area contributed by atoms with E-state index in [1.165, 1.54) is 10.7 Å². The standard InChI is InChI=1S/C2H4Cl2/c1-3-2-4-1/h1-2H2/q+2. The molecule has 1 heterocycles. The molecule has 0 atom stereocenters. The van der Waals surface area contributed by atoms with Crippen molar-refractivity contribution in [2.75, 3.05) is 10.7 Å². The number of alkyl halides is 4. The van der Waals surface area contributed by atoms with Crippen LogP contribution in [0.3, 0.4) is 0 Å². The molecular formula is C2H4Cl2+2. The molecule has 1 aliphatic rings. The first-order chi connectivity index (χ1) is 2.00. The van der Waals surface area contributed by atoms with Crippen LogP contribution in [0, 0.1) is 21.6 Å². The van der Waals surface area contributed by atoms with E-state index in [1.54, 1.807) is 0 Å². The lowest BCUT2D eigenvalue weighted by molar-refractivity contribution is -1.05. The van der Waals surface area contributed by atoms with Crippen LogP contribution in [0.1, 0.15) is 0 Å². The molecule has 0 saturated carbocycles. The van der Waals surface area contributed by atoms with Crippen molar-refractivity contribution >= 4 is 0 Å². The van der Waals surface area contributed by atoms with Gasteiger partial charge in [0.05, 0.1) is 0 Å². The van der Waals surface area contributed by atoms with Gasteiger partial charge in [0.25, 0.3) is 21.6 Å². The second kappa shape index (κ2) is 1.14. The van der Waals surface area contributed by atoms with E-state index < -0.39 is 0 Å². The van der Waals surface area contributed by atoms with E-state index in [0.717, 1.165) is 0 Å². The molecule has 0 aromatic heterocycles. The van der Waals surface area contributed by atoms with Crippen LogP contribution in [0.2, 0.25) is 0 Å². The average Bonchev–Trinajstić information content (AvgIpc) is 0.722. The van der Waals surface area contributed by atoms with Gasteiger partial charge in [-0.05, 0) is 0 Å². The molecule has 0 nitrogen and oxygen atoms in total. The van der Waals surface area contributed by atoms with Crippen LogP contribution < -0.4 is 0 Å². The summed E-state index contributed by atoms with van der Waals surface area (Å²) in [7, 11) is 4.67. The van der Waals surface area contributed by atoms with Crippen molar-refractivity contribution in [2.45, 2.75) is 0 Å². The molecule has 0 aliphatic carbocycles. The molecule has 2 heteroatoms. The zero-order valence-electron chi connectivity index (χ0n) is 2.17. The summed E-state index contributed by atoms with van der Waals surface area (Å²) in [6.07, 6.45) is 0. The van der Waals surface area contributed by atoms with Crippen molar-refractivity contribution in [2.24, 2.45) is 0 Å². The fourth-order valence-corrected chi connectivity index (χ4v) is 0.643. The monoisotopic (exact) mass is 98.0 g/mol. The Bertz CT molecular complexity index is 12.0. The molecule has 0 N–H and O–H groups in total. The summed E-state index contributed by atoms with van der Waals surface area (Å²) in [5.74, 6) is 0. The maximum atomic E-state index is 2.33. The number of rotatable bonds is 0. The molecule has 0 aromatic carbocycles. The minimum atomic E-state index is 1.22.